The molecule has 3 nitrogen and oxygen atoms in total. The lowest BCUT2D eigenvalue weighted by atomic mass is 9.77. The van der Waals surface area contributed by atoms with Gasteiger partial charge in [-0.25, -0.2) is 0 Å². The molecule has 1 aliphatic rings. The number of nitrogens with two attached hydrogens (primary N) is 1. The Balaban J connectivity index is 2.15. The molecule has 2 unspecified atom stereocenters. The van der Waals surface area contributed by atoms with Crippen LogP contribution in [0.4, 0.5) is 0 Å². The number of aryl methyl sites for hydroxylation is 2. The zero-order valence-electron chi connectivity index (χ0n) is 8.63. The van der Waals surface area contributed by atoms with E-state index in [9.17, 15) is 0 Å². The van der Waals surface area contributed by atoms with E-state index in [1.54, 1.807) is 0 Å². The second kappa shape index (κ2) is 3.66. The van der Waals surface area contributed by atoms with Gasteiger partial charge in [0.2, 0.25) is 0 Å². The molecular formula is C10H16BrN3. The van der Waals surface area contributed by atoms with Crippen LogP contribution in [-0.4, -0.2) is 15.8 Å². The highest BCUT2D eigenvalue weighted by atomic mass is 79.9. The second-order valence-electron chi connectivity index (χ2n) is 4.18. The van der Waals surface area contributed by atoms with Crippen molar-refractivity contribution in [3.05, 3.63) is 15.9 Å². The van der Waals surface area contributed by atoms with Crippen molar-refractivity contribution in [1.29, 1.82) is 0 Å². The third-order valence-electron chi connectivity index (χ3n) is 3.19. The minimum atomic E-state index is 0.400. The molecule has 0 aromatic carbocycles. The van der Waals surface area contributed by atoms with E-state index in [-0.39, 0.29) is 0 Å². The Hall–Kier alpha value is -0.350. The van der Waals surface area contributed by atoms with Gasteiger partial charge in [0.05, 0.1) is 15.9 Å². The number of nitrogens with zero attached hydrogens (tertiary/aromatic N) is 2. The maximum atomic E-state index is 5.93. The molecule has 0 aliphatic heterocycles. The quantitative estimate of drug-likeness (QED) is 0.878. The van der Waals surface area contributed by atoms with Crippen LogP contribution in [0.2, 0.25) is 0 Å². The van der Waals surface area contributed by atoms with Crippen LogP contribution in [-0.2, 0) is 13.5 Å². The van der Waals surface area contributed by atoms with Crippen molar-refractivity contribution in [2.24, 2.45) is 18.7 Å². The number of rotatable bonds is 2. The van der Waals surface area contributed by atoms with Crippen molar-refractivity contribution >= 4 is 15.9 Å². The van der Waals surface area contributed by atoms with Crippen LogP contribution in [0.25, 0.3) is 0 Å². The summed E-state index contributed by atoms with van der Waals surface area (Å²) >= 11 is 3.58. The smallest absolute Gasteiger partial charge is 0.0738 e. The van der Waals surface area contributed by atoms with E-state index in [0.717, 1.165) is 16.6 Å². The highest BCUT2D eigenvalue weighted by Gasteiger charge is 2.29. The molecule has 4 heteroatoms. The van der Waals surface area contributed by atoms with Crippen molar-refractivity contribution in [2.75, 3.05) is 0 Å². The summed E-state index contributed by atoms with van der Waals surface area (Å²) in [6.07, 6.45) is 3.50. The van der Waals surface area contributed by atoms with Gasteiger partial charge in [-0.15, -0.1) is 0 Å². The van der Waals surface area contributed by atoms with Crippen LogP contribution in [0.3, 0.4) is 0 Å². The average Bonchev–Trinajstić information content (AvgIpc) is 2.37. The minimum absolute atomic E-state index is 0.400. The molecule has 1 fully saturated rings. The van der Waals surface area contributed by atoms with E-state index in [4.69, 9.17) is 5.73 Å². The highest BCUT2D eigenvalue weighted by molar-refractivity contribution is 9.10. The van der Waals surface area contributed by atoms with Gasteiger partial charge < -0.3 is 5.73 Å². The van der Waals surface area contributed by atoms with Crippen LogP contribution >= 0.6 is 15.9 Å². The largest absolute Gasteiger partial charge is 0.327 e. The van der Waals surface area contributed by atoms with Crippen LogP contribution in [0.5, 0.6) is 0 Å². The van der Waals surface area contributed by atoms with Gasteiger partial charge in [0.1, 0.15) is 0 Å². The molecular weight excluding hydrogens is 242 g/mol. The van der Waals surface area contributed by atoms with Crippen molar-refractivity contribution < 1.29 is 0 Å². The van der Waals surface area contributed by atoms with Gasteiger partial charge in [-0.3, -0.25) is 4.68 Å². The van der Waals surface area contributed by atoms with Gasteiger partial charge in [-0.2, -0.15) is 5.10 Å². The van der Waals surface area contributed by atoms with Crippen molar-refractivity contribution in [3.8, 4) is 0 Å². The number of hydrogen-bond acceptors (Lipinski definition) is 2. The van der Waals surface area contributed by atoms with E-state index in [1.165, 1.54) is 18.5 Å². The summed E-state index contributed by atoms with van der Waals surface area (Å²) in [5.41, 5.74) is 8.28. The van der Waals surface area contributed by atoms with Crippen molar-refractivity contribution in [2.45, 2.75) is 32.2 Å². The minimum Gasteiger partial charge on any atom is -0.327 e. The third-order valence-corrected chi connectivity index (χ3v) is 4.22. The molecule has 78 valence electrons. The monoisotopic (exact) mass is 257 g/mol. The first-order valence-corrected chi connectivity index (χ1v) is 5.82. The standard InChI is InChI=1S/C10H16BrN3/c1-6-10(11)9(14(2)13-6)5-7-3-4-8(7)12/h7-8H,3-5,12H2,1-2H3. The maximum absolute atomic E-state index is 5.93. The summed E-state index contributed by atoms with van der Waals surface area (Å²) in [5.74, 6) is 0.654. The summed E-state index contributed by atoms with van der Waals surface area (Å²) in [6, 6.07) is 0.400. The Morgan fingerprint density at radius 2 is 2.29 bits per heavy atom. The Morgan fingerprint density at radius 3 is 2.64 bits per heavy atom. The van der Waals surface area contributed by atoms with E-state index < -0.39 is 0 Å². The van der Waals surface area contributed by atoms with Crippen LogP contribution < -0.4 is 5.73 Å². The molecule has 2 rings (SSSR count). The maximum Gasteiger partial charge on any atom is 0.0738 e. The molecule has 2 atom stereocenters. The lowest BCUT2D eigenvalue weighted by Crippen LogP contribution is -2.40. The molecule has 1 saturated carbocycles. The lowest BCUT2D eigenvalue weighted by Gasteiger charge is -2.33. The summed E-state index contributed by atoms with van der Waals surface area (Å²) < 4.78 is 3.11. The lowest BCUT2D eigenvalue weighted by molar-refractivity contribution is 0.251. The zero-order valence-corrected chi connectivity index (χ0v) is 10.2. The Labute approximate surface area is 92.8 Å². The predicted octanol–water partition coefficient (Wildman–Crippen LogP) is 1.77. The van der Waals surface area contributed by atoms with Gasteiger partial charge >= 0.3 is 0 Å². The molecule has 0 amide bonds. The predicted molar refractivity (Wildman–Crippen MR) is 60.0 cm³/mol. The van der Waals surface area contributed by atoms with Gasteiger partial charge in [0, 0.05) is 13.1 Å². The third kappa shape index (κ3) is 1.61. The fourth-order valence-electron chi connectivity index (χ4n) is 2.00. The van der Waals surface area contributed by atoms with Crippen molar-refractivity contribution in [1.82, 2.24) is 9.78 Å². The number of aromatic nitrogens is 2. The molecule has 1 aromatic rings. The zero-order chi connectivity index (χ0) is 10.3. The van der Waals surface area contributed by atoms with Crippen molar-refractivity contribution in [3.63, 3.8) is 0 Å². The molecule has 0 spiro atoms. The average molecular weight is 258 g/mol. The summed E-state index contributed by atoms with van der Waals surface area (Å²) in [4.78, 5) is 0. The van der Waals surface area contributed by atoms with Gasteiger partial charge in [-0.05, 0) is 48.0 Å². The van der Waals surface area contributed by atoms with E-state index >= 15 is 0 Å². The first kappa shape index (κ1) is 10.2. The molecule has 14 heavy (non-hydrogen) atoms. The SMILES string of the molecule is Cc1nn(C)c(CC2CCC2N)c1Br. The van der Waals surface area contributed by atoms with Crippen LogP contribution in [0, 0.1) is 12.8 Å². The highest BCUT2D eigenvalue weighted by Crippen LogP contribution is 2.32. The fourth-order valence-corrected chi connectivity index (χ4v) is 2.50. The van der Waals surface area contributed by atoms with E-state index in [1.807, 2.05) is 18.7 Å². The molecule has 1 aromatic heterocycles. The molecule has 1 aliphatic carbocycles. The van der Waals surface area contributed by atoms with Gasteiger partial charge in [0.25, 0.3) is 0 Å². The topological polar surface area (TPSA) is 43.8 Å². The number of hydrogen-bond donors (Lipinski definition) is 1. The molecule has 1 heterocycles. The Bertz CT molecular complexity index is 345. The molecule has 0 bridgehead atoms. The first-order chi connectivity index (χ1) is 6.59. The Morgan fingerprint density at radius 1 is 1.57 bits per heavy atom. The van der Waals surface area contributed by atoms with Crippen LogP contribution in [0.1, 0.15) is 24.2 Å². The normalized spacial score (nSPS) is 26.3. The van der Waals surface area contributed by atoms with Gasteiger partial charge in [0.15, 0.2) is 0 Å². The summed E-state index contributed by atoms with van der Waals surface area (Å²) in [5, 5.41) is 4.38. The van der Waals surface area contributed by atoms with E-state index in [0.29, 0.717) is 12.0 Å². The molecule has 2 N–H and O–H groups in total. The summed E-state index contributed by atoms with van der Waals surface area (Å²) in [6.45, 7) is 2.02. The first-order valence-electron chi connectivity index (χ1n) is 5.03. The second-order valence-corrected chi connectivity index (χ2v) is 4.97. The summed E-state index contributed by atoms with van der Waals surface area (Å²) in [7, 11) is 2.00. The van der Waals surface area contributed by atoms with Crippen LogP contribution in [0.15, 0.2) is 4.47 Å². The fraction of sp³-hybridized carbons (Fsp3) is 0.700. The Kier molecular flexibility index (Phi) is 2.66. The molecule has 0 saturated heterocycles. The van der Waals surface area contributed by atoms with E-state index in [2.05, 4.69) is 21.0 Å². The van der Waals surface area contributed by atoms with Gasteiger partial charge in [-0.1, -0.05) is 0 Å². The number of halogens is 1. The molecule has 0 radical (unpaired) electrons.